The van der Waals surface area contributed by atoms with E-state index in [0.717, 1.165) is 18.3 Å². The molecule has 1 aromatic rings. The molecule has 1 aromatic carbocycles. The van der Waals surface area contributed by atoms with Gasteiger partial charge in [0, 0.05) is 11.0 Å². The molecule has 0 aliphatic heterocycles. The molecule has 0 spiro atoms. The van der Waals surface area contributed by atoms with Crippen LogP contribution in [0.15, 0.2) is 24.3 Å². The lowest BCUT2D eigenvalue weighted by atomic mass is 9.97. The average molecular weight is 229 g/mol. The van der Waals surface area contributed by atoms with Crippen molar-refractivity contribution in [2.24, 2.45) is 0 Å². The minimum absolute atomic E-state index is 0.199. The molecule has 1 nitrogen and oxygen atoms in total. The van der Waals surface area contributed by atoms with Gasteiger partial charge in [-0.2, -0.15) is 0 Å². The fraction of sp³-hybridized carbons (Fsp3) is 0.364. The first-order valence-electron chi connectivity index (χ1n) is 4.43. The fourth-order valence-electron chi connectivity index (χ4n) is 1.67. The van der Waals surface area contributed by atoms with Gasteiger partial charge in [-0.1, -0.05) is 25.1 Å². The molecule has 1 aliphatic carbocycles. The summed E-state index contributed by atoms with van der Waals surface area (Å²) in [7, 11) is 0. The van der Waals surface area contributed by atoms with Crippen LogP contribution in [0.1, 0.15) is 29.3 Å². The molecule has 0 heterocycles. The van der Waals surface area contributed by atoms with Crippen LogP contribution in [-0.4, -0.2) is 10.6 Å². The van der Waals surface area contributed by atoms with Gasteiger partial charge in [0.1, 0.15) is 10.6 Å². The summed E-state index contributed by atoms with van der Waals surface area (Å²) in [6, 6.07) is 7.43. The topological polar surface area (TPSA) is 17.1 Å². The van der Waals surface area contributed by atoms with Crippen molar-refractivity contribution in [3.05, 3.63) is 35.4 Å². The third kappa shape index (κ3) is 1.35. The summed E-state index contributed by atoms with van der Waals surface area (Å²) in [5.74, 6) is 0. The Morgan fingerprint density at radius 2 is 2.07 bits per heavy atom. The molecule has 3 heteroatoms. The van der Waals surface area contributed by atoms with Crippen LogP contribution in [0.3, 0.4) is 0 Å². The quantitative estimate of drug-likeness (QED) is 0.561. The molecule has 2 rings (SSSR count). The number of aldehydes is 1. The Bertz CT molecular complexity index is 387. The van der Waals surface area contributed by atoms with Crippen molar-refractivity contribution in [3.8, 4) is 0 Å². The van der Waals surface area contributed by atoms with Crippen molar-refractivity contribution in [3.63, 3.8) is 0 Å². The number of rotatable bonds is 2. The lowest BCUT2D eigenvalue weighted by Crippen LogP contribution is -2.09. The molecule has 14 heavy (non-hydrogen) atoms. The molecule has 0 bridgehead atoms. The maximum absolute atomic E-state index is 10.6. The summed E-state index contributed by atoms with van der Waals surface area (Å²) in [6.45, 7) is 2.01. The number of carbonyl (C=O) groups is 1. The van der Waals surface area contributed by atoms with Crippen LogP contribution < -0.4 is 0 Å². The van der Waals surface area contributed by atoms with Gasteiger partial charge in [-0.15, -0.1) is 23.2 Å². The van der Waals surface area contributed by atoms with E-state index in [4.69, 9.17) is 23.2 Å². The molecule has 74 valence electrons. The van der Waals surface area contributed by atoms with Crippen LogP contribution in [0, 0.1) is 0 Å². The highest BCUT2D eigenvalue weighted by Crippen LogP contribution is 2.64. The molecule has 1 fully saturated rings. The third-order valence-corrected chi connectivity index (χ3v) is 4.02. The summed E-state index contributed by atoms with van der Waals surface area (Å²) in [5, 5.41) is 0. The van der Waals surface area contributed by atoms with Gasteiger partial charge in [0.25, 0.3) is 0 Å². The molecule has 1 aliphatic rings. The molecule has 0 amide bonds. The number of carbonyl (C=O) groups excluding carboxylic acids is 1. The second kappa shape index (κ2) is 2.98. The number of halogens is 2. The summed E-state index contributed by atoms with van der Waals surface area (Å²) < 4.78 is -0.672. The highest BCUT2D eigenvalue weighted by molar-refractivity contribution is 6.52. The second-order valence-electron chi connectivity index (χ2n) is 3.96. The zero-order valence-electron chi connectivity index (χ0n) is 7.76. The maximum atomic E-state index is 10.6. The zero-order valence-corrected chi connectivity index (χ0v) is 9.27. The summed E-state index contributed by atoms with van der Waals surface area (Å²) in [5.41, 5.74) is 1.50. The molecule has 1 unspecified atom stereocenters. The van der Waals surface area contributed by atoms with Gasteiger partial charge in [0.2, 0.25) is 0 Å². The van der Waals surface area contributed by atoms with Gasteiger partial charge in [0.15, 0.2) is 0 Å². The predicted molar refractivity (Wildman–Crippen MR) is 58.2 cm³/mol. The van der Waals surface area contributed by atoms with Crippen LogP contribution in [-0.2, 0) is 5.41 Å². The Morgan fingerprint density at radius 3 is 2.57 bits per heavy atom. The number of hydrogen-bond donors (Lipinski definition) is 0. The van der Waals surface area contributed by atoms with Crippen molar-refractivity contribution in [1.29, 1.82) is 0 Å². The van der Waals surface area contributed by atoms with E-state index in [2.05, 4.69) is 0 Å². The first-order valence-corrected chi connectivity index (χ1v) is 5.19. The van der Waals surface area contributed by atoms with Gasteiger partial charge < -0.3 is 0 Å². The lowest BCUT2D eigenvalue weighted by molar-refractivity contribution is 0.112. The largest absolute Gasteiger partial charge is 0.298 e. The van der Waals surface area contributed by atoms with Gasteiger partial charge in [-0.25, -0.2) is 0 Å². The summed E-state index contributed by atoms with van der Waals surface area (Å²) >= 11 is 12.1. The van der Waals surface area contributed by atoms with E-state index in [1.165, 1.54) is 0 Å². The van der Waals surface area contributed by atoms with Crippen molar-refractivity contribution in [1.82, 2.24) is 0 Å². The SMILES string of the molecule is CC1(c2cccc(C=O)c2)CC1(Cl)Cl. The van der Waals surface area contributed by atoms with E-state index in [9.17, 15) is 4.79 Å². The number of hydrogen-bond acceptors (Lipinski definition) is 1. The molecule has 0 radical (unpaired) electrons. The van der Waals surface area contributed by atoms with Gasteiger partial charge in [-0.3, -0.25) is 4.79 Å². The van der Waals surface area contributed by atoms with Crippen LogP contribution in [0.4, 0.5) is 0 Å². The molecular formula is C11H10Cl2O. The fourth-order valence-corrected chi connectivity index (χ4v) is 2.42. The monoisotopic (exact) mass is 228 g/mol. The smallest absolute Gasteiger partial charge is 0.150 e. The van der Waals surface area contributed by atoms with Crippen molar-refractivity contribution in [2.45, 2.75) is 23.1 Å². The average Bonchev–Trinajstić information content (AvgIpc) is 2.68. The van der Waals surface area contributed by atoms with Gasteiger partial charge in [-0.05, 0) is 18.1 Å². The maximum Gasteiger partial charge on any atom is 0.150 e. The van der Waals surface area contributed by atoms with Gasteiger partial charge in [0.05, 0.1) is 0 Å². The third-order valence-electron chi connectivity index (χ3n) is 2.92. The Hall–Kier alpha value is -0.530. The summed E-state index contributed by atoms with van der Waals surface area (Å²) in [4.78, 5) is 10.6. The summed E-state index contributed by atoms with van der Waals surface area (Å²) in [6.07, 6.45) is 1.57. The van der Waals surface area contributed by atoms with E-state index < -0.39 is 4.33 Å². The Labute approximate surface area is 93.0 Å². The highest BCUT2D eigenvalue weighted by Gasteiger charge is 2.63. The van der Waals surface area contributed by atoms with Crippen LogP contribution in [0.25, 0.3) is 0 Å². The Kier molecular flexibility index (Phi) is 2.13. The standard InChI is InChI=1S/C11H10Cl2O/c1-10(7-11(10,12)13)9-4-2-3-8(5-9)6-14/h2-6H,7H2,1H3. The number of benzene rings is 1. The minimum atomic E-state index is -0.672. The first-order chi connectivity index (χ1) is 6.49. The Morgan fingerprint density at radius 1 is 1.43 bits per heavy atom. The van der Waals surface area contributed by atoms with Crippen LogP contribution >= 0.6 is 23.2 Å². The molecule has 1 saturated carbocycles. The van der Waals surface area contributed by atoms with Gasteiger partial charge >= 0.3 is 0 Å². The second-order valence-corrected chi connectivity index (χ2v) is 5.44. The predicted octanol–water partition coefficient (Wildman–Crippen LogP) is 3.33. The van der Waals surface area contributed by atoms with E-state index in [-0.39, 0.29) is 5.41 Å². The van der Waals surface area contributed by atoms with E-state index in [1.807, 2.05) is 25.1 Å². The molecule has 0 saturated heterocycles. The molecular weight excluding hydrogens is 219 g/mol. The van der Waals surface area contributed by atoms with Crippen molar-refractivity contribution >= 4 is 29.5 Å². The normalized spacial score (nSPS) is 28.5. The Balaban J connectivity index is 2.39. The molecule has 0 aromatic heterocycles. The highest BCUT2D eigenvalue weighted by atomic mass is 35.5. The molecule has 1 atom stereocenters. The van der Waals surface area contributed by atoms with E-state index >= 15 is 0 Å². The van der Waals surface area contributed by atoms with E-state index in [0.29, 0.717) is 5.56 Å². The van der Waals surface area contributed by atoms with Crippen LogP contribution in [0.2, 0.25) is 0 Å². The molecule has 0 N–H and O–H groups in total. The number of alkyl halides is 2. The van der Waals surface area contributed by atoms with Crippen molar-refractivity contribution in [2.75, 3.05) is 0 Å². The van der Waals surface area contributed by atoms with Crippen LogP contribution in [0.5, 0.6) is 0 Å². The van der Waals surface area contributed by atoms with Crippen molar-refractivity contribution < 1.29 is 4.79 Å². The minimum Gasteiger partial charge on any atom is -0.298 e. The first kappa shape index (κ1) is 10.0. The zero-order chi connectivity index (χ0) is 10.4. The van der Waals surface area contributed by atoms with E-state index in [1.54, 1.807) is 6.07 Å². The lowest BCUT2D eigenvalue weighted by Gasteiger charge is -2.12.